The molecule has 6 nitrogen and oxygen atoms in total. The summed E-state index contributed by atoms with van der Waals surface area (Å²) in [5.74, 6) is 1.71. The van der Waals surface area contributed by atoms with Gasteiger partial charge < -0.3 is 9.47 Å². The van der Waals surface area contributed by atoms with Gasteiger partial charge in [-0.15, -0.1) is 0 Å². The Labute approximate surface area is 185 Å². The van der Waals surface area contributed by atoms with Crippen molar-refractivity contribution in [2.75, 3.05) is 26.2 Å². The molecule has 1 aromatic rings. The van der Waals surface area contributed by atoms with Crippen LogP contribution in [0.25, 0.3) is 0 Å². The fourth-order valence-corrected chi connectivity index (χ4v) is 5.32. The molecule has 170 valence electrons. The molecular formula is C25H36N2O4. The summed E-state index contributed by atoms with van der Waals surface area (Å²) in [5.41, 5.74) is -0.0141. The minimum atomic E-state index is -0.0141. The van der Waals surface area contributed by atoms with Gasteiger partial charge in [-0.05, 0) is 63.6 Å². The summed E-state index contributed by atoms with van der Waals surface area (Å²) < 4.78 is 12.0. The SMILES string of the molecule is CC(C)N(CCCCN1C(=O)CC2(CCCC2)CC1=O)CC1COc2ccccc2O1. The lowest BCUT2D eigenvalue weighted by molar-refractivity contribution is -0.153. The van der Waals surface area contributed by atoms with Crippen LogP contribution in [-0.4, -0.2) is 60.0 Å². The number of benzene rings is 1. The van der Waals surface area contributed by atoms with E-state index in [4.69, 9.17) is 9.47 Å². The number of nitrogens with zero attached hydrogens (tertiary/aromatic N) is 2. The van der Waals surface area contributed by atoms with Crippen molar-refractivity contribution in [3.05, 3.63) is 24.3 Å². The summed E-state index contributed by atoms with van der Waals surface area (Å²) in [6.45, 7) is 7.21. The van der Waals surface area contributed by atoms with Crippen molar-refractivity contribution in [1.82, 2.24) is 9.80 Å². The van der Waals surface area contributed by atoms with Crippen molar-refractivity contribution in [2.45, 2.75) is 77.4 Å². The largest absolute Gasteiger partial charge is 0.486 e. The summed E-state index contributed by atoms with van der Waals surface area (Å²) in [6, 6.07) is 8.19. The molecule has 4 rings (SSSR count). The van der Waals surface area contributed by atoms with Crippen molar-refractivity contribution in [2.24, 2.45) is 5.41 Å². The second-order valence-corrected chi connectivity index (χ2v) is 9.79. The molecule has 1 saturated heterocycles. The van der Waals surface area contributed by atoms with E-state index in [1.165, 1.54) is 4.90 Å². The first-order valence-corrected chi connectivity index (χ1v) is 11.9. The number of piperidine rings is 1. The van der Waals surface area contributed by atoms with Gasteiger partial charge in [-0.2, -0.15) is 0 Å². The van der Waals surface area contributed by atoms with Crippen LogP contribution in [0.2, 0.25) is 0 Å². The molecule has 3 aliphatic rings. The highest BCUT2D eigenvalue weighted by atomic mass is 16.6. The summed E-state index contributed by atoms with van der Waals surface area (Å²) in [6.07, 6.45) is 7.33. The Bertz CT molecular complexity index is 767. The van der Waals surface area contributed by atoms with Crippen LogP contribution in [0.1, 0.15) is 65.2 Å². The van der Waals surface area contributed by atoms with Crippen LogP contribution in [0.3, 0.4) is 0 Å². The molecule has 2 aliphatic heterocycles. The average molecular weight is 429 g/mol. The van der Waals surface area contributed by atoms with Gasteiger partial charge in [0.05, 0.1) is 0 Å². The maximum Gasteiger partial charge on any atom is 0.229 e. The number of para-hydroxylation sites is 2. The monoisotopic (exact) mass is 428 g/mol. The Morgan fingerprint density at radius 1 is 1.06 bits per heavy atom. The number of imide groups is 1. The maximum atomic E-state index is 12.6. The second-order valence-electron chi connectivity index (χ2n) is 9.79. The molecule has 0 aromatic heterocycles. The molecule has 2 amide bonds. The van der Waals surface area contributed by atoms with E-state index in [2.05, 4.69) is 18.7 Å². The Balaban J connectivity index is 1.22. The highest BCUT2D eigenvalue weighted by Gasteiger charge is 2.44. The van der Waals surface area contributed by atoms with E-state index in [-0.39, 0.29) is 23.3 Å². The number of amides is 2. The van der Waals surface area contributed by atoms with Gasteiger partial charge in [-0.3, -0.25) is 19.4 Å². The van der Waals surface area contributed by atoms with Crippen LogP contribution in [0.5, 0.6) is 11.5 Å². The smallest absolute Gasteiger partial charge is 0.229 e. The van der Waals surface area contributed by atoms with Crippen LogP contribution in [0.4, 0.5) is 0 Å². The summed E-state index contributed by atoms with van der Waals surface area (Å²) >= 11 is 0. The molecule has 0 radical (unpaired) electrons. The molecule has 0 N–H and O–H groups in total. The first kappa shape index (κ1) is 22.1. The molecule has 0 bridgehead atoms. The predicted molar refractivity (Wildman–Crippen MR) is 119 cm³/mol. The van der Waals surface area contributed by atoms with Crippen LogP contribution in [0.15, 0.2) is 24.3 Å². The molecule has 2 fully saturated rings. The molecule has 1 unspecified atom stereocenters. The molecule has 1 spiro atoms. The molecule has 2 heterocycles. The Morgan fingerprint density at radius 2 is 1.74 bits per heavy atom. The third-order valence-corrected chi connectivity index (χ3v) is 7.13. The van der Waals surface area contributed by atoms with Crippen LogP contribution in [-0.2, 0) is 9.59 Å². The number of rotatable bonds is 8. The molecule has 6 heteroatoms. The van der Waals surface area contributed by atoms with Crippen LogP contribution >= 0.6 is 0 Å². The summed E-state index contributed by atoms with van der Waals surface area (Å²) in [4.78, 5) is 29.2. The van der Waals surface area contributed by atoms with Gasteiger partial charge in [0.25, 0.3) is 0 Å². The van der Waals surface area contributed by atoms with E-state index in [1.54, 1.807) is 0 Å². The zero-order valence-corrected chi connectivity index (χ0v) is 19.0. The molecule has 1 aliphatic carbocycles. The minimum Gasteiger partial charge on any atom is -0.486 e. The third-order valence-electron chi connectivity index (χ3n) is 7.13. The standard InChI is InChI=1S/C25H36N2O4/c1-19(2)26(17-20-18-30-21-9-3-4-10-22(21)31-20)13-7-8-14-27-23(28)15-25(16-24(27)29)11-5-6-12-25/h3-4,9-10,19-20H,5-8,11-18H2,1-2H3. The van der Waals surface area contributed by atoms with Crippen molar-refractivity contribution in [1.29, 1.82) is 0 Å². The van der Waals surface area contributed by atoms with Gasteiger partial charge in [0.1, 0.15) is 12.7 Å². The van der Waals surface area contributed by atoms with Crippen molar-refractivity contribution in [3.8, 4) is 11.5 Å². The summed E-state index contributed by atoms with van der Waals surface area (Å²) in [7, 11) is 0. The number of ether oxygens (including phenoxy) is 2. The predicted octanol–water partition coefficient (Wildman–Crippen LogP) is 4.03. The number of unbranched alkanes of at least 4 members (excludes halogenated alkanes) is 1. The Morgan fingerprint density at radius 3 is 2.42 bits per heavy atom. The fraction of sp³-hybridized carbons (Fsp3) is 0.680. The van der Waals surface area contributed by atoms with Gasteiger partial charge >= 0.3 is 0 Å². The number of hydrogen-bond donors (Lipinski definition) is 0. The van der Waals surface area contributed by atoms with Gasteiger partial charge in [-0.25, -0.2) is 0 Å². The molecular weight excluding hydrogens is 392 g/mol. The molecule has 1 saturated carbocycles. The van der Waals surface area contributed by atoms with Crippen molar-refractivity contribution < 1.29 is 19.1 Å². The maximum absolute atomic E-state index is 12.6. The van der Waals surface area contributed by atoms with E-state index in [0.717, 1.165) is 63.1 Å². The minimum absolute atomic E-state index is 0.00477. The lowest BCUT2D eigenvalue weighted by Crippen LogP contribution is -2.47. The number of likely N-dealkylation sites (tertiary alicyclic amines) is 1. The van der Waals surface area contributed by atoms with Gasteiger partial charge in [0, 0.05) is 32.0 Å². The van der Waals surface area contributed by atoms with E-state index in [0.29, 0.717) is 32.0 Å². The summed E-state index contributed by atoms with van der Waals surface area (Å²) in [5, 5.41) is 0. The first-order chi connectivity index (χ1) is 15.0. The van der Waals surface area contributed by atoms with E-state index >= 15 is 0 Å². The Hall–Kier alpha value is -2.08. The fourth-order valence-electron chi connectivity index (χ4n) is 5.32. The van der Waals surface area contributed by atoms with Crippen LogP contribution in [0, 0.1) is 5.41 Å². The van der Waals surface area contributed by atoms with Crippen LogP contribution < -0.4 is 9.47 Å². The normalized spacial score (nSPS) is 22.7. The third kappa shape index (κ3) is 5.22. The van der Waals surface area contributed by atoms with Crippen molar-refractivity contribution in [3.63, 3.8) is 0 Å². The number of fused-ring (bicyclic) bond motifs is 1. The Kier molecular flexibility index (Phi) is 6.85. The topological polar surface area (TPSA) is 59.1 Å². The van der Waals surface area contributed by atoms with E-state index < -0.39 is 0 Å². The number of carbonyl (C=O) groups excluding carboxylic acids is 2. The molecule has 1 aromatic carbocycles. The number of hydrogen-bond acceptors (Lipinski definition) is 5. The lowest BCUT2D eigenvalue weighted by Gasteiger charge is -2.37. The van der Waals surface area contributed by atoms with Gasteiger partial charge in [0.15, 0.2) is 11.5 Å². The lowest BCUT2D eigenvalue weighted by atomic mass is 9.76. The number of carbonyl (C=O) groups is 2. The van der Waals surface area contributed by atoms with E-state index in [1.807, 2.05) is 24.3 Å². The average Bonchev–Trinajstić information content (AvgIpc) is 3.18. The second kappa shape index (κ2) is 9.60. The zero-order chi connectivity index (χ0) is 21.8. The van der Waals surface area contributed by atoms with Crippen molar-refractivity contribution >= 4 is 11.8 Å². The van der Waals surface area contributed by atoms with Gasteiger partial charge in [-0.1, -0.05) is 25.0 Å². The zero-order valence-electron chi connectivity index (χ0n) is 19.0. The highest BCUT2D eigenvalue weighted by molar-refractivity contribution is 5.98. The highest BCUT2D eigenvalue weighted by Crippen LogP contribution is 2.46. The first-order valence-electron chi connectivity index (χ1n) is 11.9. The molecule has 31 heavy (non-hydrogen) atoms. The van der Waals surface area contributed by atoms with Gasteiger partial charge in [0.2, 0.25) is 11.8 Å². The quantitative estimate of drug-likeness (QED) is 0.462. The molecule has 1 atom stereocenters. The van der Waals surface area contributed by atoms with E-state index in [9.17, 15) is 9.59 Å².